The van der Waals surface area contributed by atoms with E-state index in [1.165, 1.54) is 0 Å². The molecule has 1 rings (SSSR count). The smallest absolute Gasteiger partial charge is 0.246 e. The minimum atomic E-state index is -3.65. The molecule has 0 atom stereocenters. The van der Waals surface area contributed by atoms with Gasteiger partial charge in [-0.3, -0.25) is 4.72 Å². The number of anilines is 1. The fourth-order valence-electron chi connectivity index (χ4n) is 1.36. The van der Waals surface area contributed by atoms with Gasteiger partial charge in [0, 0.05) is 5.56 Å². The number of nitrogens with zero attached hydrogens (tertiary/aromatic N) is 1. The summed E-state index contributed by atoms with van der Waals surface area (Å²) in [6.45, 7) is 1.54. The Morgan fingerprint density at radius 3 is 2.72 bits per heavy atom. The largest absolute Gasteiger partial charge is 0.384 e. The highest BCUT2D eigenvalue weighted by Crippen LogP contribution is 2.15. The van der Waals surface area contributed by atoms with Gasteiger partial charge in [0.25, 0.3) is 0 Å². The molecule has 1 aromatic rings. The minimum Gasteiger partial charge on any atom is -0.384 e. The molecule has 0 aliphatic carbocycles. The maximum atomic E-state index is 11.4. The number of aliphatic hydroxyl groups is 1. The fraction of sp³-hybridized carbons (Fsp3) is 0.250. The lowest BCUT2D eigenvalue weighted by molar-refractivity contribution is 0.350. The molecule has 0 amide bonds. The van der Waals surface area contributed by atoms with Crippen LogP contribution in [0.4, 0.5) is 5.69 Å². The first-order chi connectivity index (χ1) is 8.46. The molecule has 18 heavy (non-hydrogen) atoms. The Balaban J connectivity index is 3.04. The molecule has 0 heterocycles. The van der Waals surface area contributed by atoms with E-state index in [9.17, 15) is 8.42 Å². The highest BCUT2D eigenvalue weighted by molar-refractivity contribution is 7.92. The first-order valence-corrected chi connectivity index (χ1v) is 6.71. The summed E-state index contributed by atoms with van der Waals surface area (Å²) in [5.74, 6) is 4.58. The van der Waals surface area contributed by atoms with Crippen molar-refractivity contribution in [2.45, 2.75) is 6.92 Å². The molecule has 0 fully saturated rings. The van der Waals surface area contributed by atoms with Crippen molar-refractivity contribution in [2.75, 3.05) is 17.1 Å². The summed E-state index contributed by atoms with van der Waals surface area (Å²) in [6.07, 6.45) is 0. The van der Waals surface area contributed by atoms with Gasteiger partial charge in [0.15, 0.2) is 5.75 Å². The van der Waals surface area contributed by atoms with Gasteiger partial charge in [-0.15, -0.1) is 0 Å². The monoisotopic (exact) mass is 264 g/mol. The van der Waals surface area contributed by atoms with Gasteiger partial charge in [0.1, 0.15) is 6.61 Å². The van der Waals surface area contributed by atoms with Gasteiger partial charge in [0.2, 0.25) is 10.0 Å². The Labute approximate surface area is 106 Å². The van der Waals surface area contributed by atoms with E-state index in [1.54, 1.807) is 31.2 Å². The number of hydrogen-bond donors (Lipinski definition) is 2. The molecule has 0 spiro atoms. The zero-order valence-electron chi connectivity index (χ0n) is 9.77. The Morgan fingerprint density at radius 1 is 1.39 bits per heavy atom. The van der Waals surface area contributed by atoms with Gasteiger partial charge in [-0.05, 0) is 30.7 Å². The normalized spacial score (nSPS) is 10.1. The van der Waals surface area contributed by atoms with Crippen molar-refractivity contribution < 1.29 is 13.5 Å². The third-order valence-corrected chi connectivity index (χ3v) is 2.97. The highest BCUT2D eigenvalue weighted by atomic mass is 32.2. The maximum Gasteiger partial charge on any atom is 0.246 e. The lowest BCUT2D eigenvalue weighted by Gasteiger charge is -2.06. The third-order valence-electron chi connectivity index (χ3n) is 1.92. The average Bonchev–Trinajstić information content (AvgIpc) is 2.24. The molecule has 1 aromatic carbocycles. The Bertz CT molecular complexity index is 634. The van der Waals surface area contributed by atoms with Crippen LogP contribution in [-0.2, 0) is 10.0 Å². The molecular formula is C12H12N2O3S. The van der Waals surface area contributed by atoms with Crippen molar-refractivity contribution in [3.8, 4) is 17.9 Å². The molecule has 5 nitrogen and oxygen atoms in total. The molecule has 0 saturated carbocycles. The molecule has 6 heteroatoms. The Hall–Kier alpha value is -2.02. The number of hydrogen-bond acceptors (Lipinski definition) is 4. The second-order valence-electron chi connectivity index (χ2n) is 3.57. The predicted octanol–water partition coefficient (Wildman–Crippen LogP) is 0.604. The summed E-state index contributed by atoms with van der Waals surface area (Å²) in [7, 11) is -3.65. The Morgan fingerprint density at radius 2 is 2.11 bits per heavy atom. The molecule has 94 valence electrons. The highest BCUT2D eigenvalue weighted by Gasteiger charge is 2.09. The molecule has 0 radical (unpaired) electrons. The van der Waals surface area contributed by atoms with Crippen LogP contribution in [0.3, 0.4) is 0 Å². The molecular weight excluding hydrogens is 252 g/mol. The Kier molecular flexibility index (Phi) is 4.73. The van der Waals surface area contributed by atoms with Crippen molar-refractivity contribution in [1.29, 1.82) is 5.26 Å². The summed E-state index contributed by atoms with van der Waals surface area (Å²) >= 11 is 0. The van der Waals surface area contributed by atoms with Crippen LogP contribution >= 0.6 is 0 Å². The molecule has 0 bridgehead atoms. The lowest BCUT2D eigenvalue weighted by atomic mass is 10.1. The SMILES string of the molecule is Cc1cc(C#CCO)cc(NS(=O)(=O)CC#N)c1. The van der Waals surface area contributed by atoms with E-state index in [2.05, 4.69) is 16.6 Å². The summed E-state index contributed by atoms with van der Waals surface area (Å²) in [5, 5.41) is 17.0. The topological polar surface area (TPSA) is 90.2 Å². The number of aryl methyl sites for hydroxylation is 1. The van der Waals surface area contributed by atoms with Crippen LogP contribution < -0.4 is 4.72 Å². The minimum absolute atomic E-state index is 0.260. The van der Waals surface area contributed by atoms with E-state index in [0.29, 0.717) is 11.3 Å². The molecule has 0 aliphatic rings. The van der Waals surface area contributed by atoms with Crippen LogP contribution in [0.1, 0.15) is 11.1 Å². The average molecular weight is 264 g/mol. The number of benzene rings is 1. The van der Waals surface area contributed by atoms with Gasteiger partial charge in [0.05, 0.1) is 11.8 Å². The van der Waals surface area contributed by atoms with E-state index in [1.807, 2.05) is 0 Å². The van der Waals surface area contributed by atoms with Crippen molar-refractivity contribution in [3.05, 3.63) is 29.3 Å². The van der Waals surface area contributed by atoms with Crippen molar-refractivity contribution in [1.82, 2.24) is 0 Å². The van der Waals surface area contributed by atoms with Crippen LogP contribution in [-0.4, -0.2) is 25.9 Å². The number of rotatable bonds is 3. The number of nitriles is 1. The van der Waals surface area contributed by atoms with Crippen molar-refractivity contribution in [2.24, 2.45) is 0 Å². The van der Waals surface area contributed by atoms with Crippen molar-refractivity contribution in [3.63, 3.8) is 0 Å². The van der Waals surface area contributed by atoms with Crippen LogP contribution in [0.2, 0.25) is 0 Å². The van der Waals surface area contributed by atoms with Crippen LogP contribution in [0.15, 0.2) is 18.2 Å². The molecule has 0 aliphatic heterocycles. The second-order valence-corrected chi connectivity index (χ2v) is 5.29. The molecule has 0 saturated heterocycles. The van der Waals surface area contributed by atoms with E-state index < -0.39 is 15.8 Å². The maximum absolute atomic E-state index is 11.4. The first kappa shape index (κ1) is 14.0. The zero-order valence-corrected chi connectivity index (χ0v) is 10.6. The van der Waals surface area contributed by atoms with Crippen molar-refractivity contribution >= 4 is 15.7 Å². The first-order valence-electron chi connectivity index (χ1n) is 5.06. The van der Waals surface area contributed by atoms with Crippen LogP contribution in [0, 0.1) is 30.1 Å². The summed E-state index contributed by atoms with van der Waals surface area (Å²) < 4.78 is 25.2. The van der Waals surface area contributed by atoms with E-state index in [0.717, 1.165) is 5.56 Å². The molecule has 0 aromatic heterocycles. The van der Waals surface area contributed by atoms with E-state index in [4.69, 9.17) is 10.4 Å². The quantitative estimate of drug-likeness (QED) is 0.782. The van der Waals surface area contributed by atoms with Crippen LogP contribution in [0.25, 0.3) is 0 Å². The van der Waals surface area contributed by atoms with E-state index >= 15 is 0 Å². The lowest BCUT2D eigenvalue weighted by Crippen LogP contribution is -2.15. The van der Waals surface area contributed by atoms with Gasteiger partial charge >= 0.3 is 0 Å². The third kappa shape index (κ3) is 4.46. The summed E-state index contributed by atoms with van der Waals surface area (Å²) in [5.41, 5.74) is 1.78. The fourth-order valence-corrected chi connectivity index (χ4v) is 2.08. The van der Waals surface area contributed by atoms with Gasteiger partial charge in [-0.1, -0.05) is 11.8 Å². The molecule has 0 unspecified atom stereocenters. The number of aliphatic hydroxyl groups excluding tert-OH is 1. The molecule has 2 N–H and O–H groups in total. The summed E-state index contributed by atoms with van der Waals surface area (Å²) in [4.78, 5) is 0. The number of sulfonamides is 1. The second kappa shape index (κ2) is 6.06. The predicted molar refractivity (Wildman–Crippen MR) is 68.2 cm³/mol. The van der Waals surface area contributed by atoms with Crippen LogP contribution in [0.5, 0.6) is 0 Å². The van der Waals surface area contributed by atoms with Gasteiger partial charge < -0.3 is 5.11 Å². The number of nitrogens with one attached hydrogen (secondary N) is 1. The summed E-state index contributed by atoms with van der Waals surface area (Å²) in [6, 6.07) is 6.53. The standard InChI is InChI=1S/C12H12N2O3S/c1-10-7-11(3-2-5-15)9-12(8-10)14-18(16,17)6-4-13/h7-9,14-15H,5-6H2,1H3. The van der Waals surface area contributed by atoms with E-state index in [-0.39, 0.29) is 6.61 Å². The van der Waals surface area contributed by atoms with Gasteiger partial charge in [-0.25, -0.2) is 8.42 Å². The van der Waals surface area contributed by atoms with Gasteiger partial charge in [-0.2, -0.15) is 5.26 Å². The zero-order chi connectivity index (χ0) is 13.6.